The number of allylic oxidation sites excluding steroid dienone is 5. The second-order valence-electron chi connectivity index (χ2n) is 8.09. The van der Waals surface area contributed by atoms with Gasteiger partial charge in [-0.05, 0) is 51.4 Å². The quantitative estimate of drug-likeness (QED) is 0.434. The minimum atomic E-state index is 0.805. The van der Waals surface area contributed by atoms with Crippen LogP contribution < -0.4 is 0 Å². The van der Waals surface area contributed by atoms with Gasteiger partial charge < -0.3 is 4.90 Å². The lowest BCUT2D eigenvalue weighted by molar-refractivity contribution is -0.873. The molecule has 0 bridgehead atoms. The Labute approximate surface area is 166 Å². The molecule has 0 N–H and O–H groups in total. The second-order valence-corrected chi connectivity index (χ2v) is 9.32. The Bertz CT molecular complexity index is 596. The van der Waals surface area contributed by atoms with E-state index in [1.807, 2.05) is 17.8 Å². The van der Waals surface area contributed by atoms with E-state index < -0.39 is 0 Å². The van der Waals surface area contributed by atoms with Gasteiger partial charge in [0.05, 0.1) is 13.6 Å². The van der Waals surface area contributed by atoms with E-state index >= 15 is 0 Å². The van der Waals surface area contributed by atoms with Crippen molar-refractivity contribution in [2.24, 2.45) is 5.92 Å². The largest absolute Gasteiger partial charge is 0.306 e. The summed E-state index contributed by atoms with van der Waals surface area (Å²) < 4.78 is 1.10. The summed E-state index contributed by atoms with van der Waals surface area (Å²) in [5.74, 6) is 3.41. The van der Waals surface area contributed by atoms with E-state index in [2.05, 4.69) is 44.8 Å². The molecule has 0 aromatic carbocycles. The predicted octanol–water partition coefficient (Wildman–Crippen LogP) is 5.41. The van der Waals surface area contributed by atoms with E-state index in [0.29, 0.717) is 0 Å². The van der Waals surface area contributed by atoms with Gasteiger partial charge in [-0.2, -0.15) is 0 Å². The van der Waals surface area contributed by atoms with Crippen molar-refractivity contribution in [3.05, 3.63) is 33.7 Å². The number of likely N-dealkylation sites (tertiary alicyclic amines) is 1. The molecule has 0 aliphatic carbocycles. The molecule has 1 fully saturated rings. The number of quaternary nitrogens is 1. The highest BCUT2D eigenvalue weighted by atomic mass is 32.2. The van der Waals surface area contributed by atoms with Crippen LogP contribution in [0.3, 0.4) is 0 Å². The van der Waals surface area contributed by atoms with Gasteiger partial charge in [0.2, 0.25) is 0 Å². The van der Waals surface area contributed by atoms with Gasteiger partial charge in [0.1, 0.15) is 12.2 Å². The van der Waals surface area contributed by atoms with Gasteiger partial charge in [-0.3, -0.25) is 4.48 Å². The lowest BCUT2D eigenvalue weighted by atomic mass is 9.95. The van der Waals surface area contributed by atoms with E-state index in [4.69, 9.17) is 6.42 Å². The van der Waals surface area contributed by atoms with Gasteiger partial charge in [-0.15, -0.1) is 6.42 Å². The van der Waals surface area contributed by atoms with Gasteiger partial charge >= 0.3 is 0 Å². The van der Waals surface area contributed by atoms with Crippen molar-refractivity contribution in [1.29, 1.82) is 0 Å². The van der Waals surface area contributed by atoms with Crippen molar-refractivity contribution < 1.29 is 4.48 Å². The highest BCUT2D eigenvalue weighted by molar-refractivity contribution is 8.06. The summed E-state index contributed by atoms with van der Waals surface area (Å²) in [5.41, 5.74) is 1.70. The summed E-state index contributed by atoms with van der Waals surface area (Å²) in [7, 11) is 4.76. The Hall–Kier alpha value is -0.950. The Morgan fingerprint density at radius 2 is 2.19 bits per heavy atom. The van der Waals surface area contributed by atoms with Crippen molar-refractivity contribution in [1.82, 2.24) is 4.90 Å². The van der Waals surface area contributed by atoms with Gasteiger partial charge in [0.25, 0.3) is 0 Å². The molecule has 0 aromatic heterocycles. The monoisotopic (exact) mass is 373 g/mol. The average Bonchev–Trinajstić information content (AvgIpc) is 2.60. The Morgan fingerprint density at radius 3 is 2.85 bits per heavy atom. The van der Waals surface area contributed by atoms with Crippen LogP contribution in [0.4, 0.5) is 0 Å². The standard InChI is InChI=1S/C23H37N2S/c1-6-9-11-14-21-19-25(5,18-20-13-12-16-24(4)17-20)22(15-10-7-2)23(8-3)26-21/h1,9,11,14,20H,7-8,10,12-13,15-19H2,2-5H3/q+1. The fourth-order valence-electron chi connectivity index (χ4n) is 4.48. The number of terminal acetylenes is 1. The number of rotatable bonds is 7. The molecule has 1 saturated heterocycles. The SMILES string of the molecule is C#CC=CC=C1C[N+](C)(CC2CCCN(C)C2)C(CCCC)=C(CC)S1. The molecule has 2 rings (SSSR count). The van der Waals surface area contributed by atoms with Crippen LogP contribution in [-0.4, -0.2) is 49.7 Å². The highest BCUT2D eigenvalue weighted by Gasteiger charge is 2.38. The molecule has 2 aliphatic heterocycles. The minimum Gasteiger partial charge on any atom is -0.306 e. The first-order chi connectivity index (χ1) is 12.5. The van der Waals surface area contributed by atoms with E-state index in [-0.39, 0.29) is 0 Å². The van der Waals surface area contributed by atoms with Crippen LogP contribution in [0.15, 0.2) is 33.7 Å². The summed E-state index contributed by atoms with van der Waals surface area (Å²) in [5, 5.41) is 0. The van der Waals surface area contributed by atoms with Crippen LogP contribution in [0, 0.1) is 18.3 Å². The zero-order valence-corrected chi connectivity index (χ0v) is 18.1. The number of thioether (sulfide) groups is 1. The lowest BCUT2D eigenvalue weighted by Gasteiger charge is -2.44. The molecular weight excluding hydrogens is 336 g/mol. The lowest BCUT2D eigenvalue weighted by Crippen LogP contribution is -2.51. The van der Waals surface area contributed by atoms with Crippen molar-refractivity contribution in [3.8, 4) is 12.3 Å². The van der Waals surface area contributed by atoms with Crippen molar-refractivity contribution >= 4 is 11.8 Å². The van der Waals surface area contributed by atoms with Crippen LogP contribution in [0.2, 0.25) is 0 Å². The Balaban J connectivity index is 2.30. The second kappa shape index (κ2) is 10.4. The zero-order chi connectivity index (χ0) is 19.0. The molecule has 0 saturated carbocycles. The smallest absolute Gasteiger partial charge is 0.119 e. The summed E-state index contributed by atoms with van der Waals surface area (Å²) >= 11 is 2.00. The number of nitrogens with zero attached hydrogens (tertiary/aromatic N) is 2. The van der Waals surface area contributed by atoms with Crippen LogP contribution in [0.5, 0.6) is 0 Å². The van der Waals surface area contributed by atoms with E-state index in [0.717, 1.165) is 23.4 Å². The predicted molar refractivity (Wildman–Crippen MR) is 117 cm³/mol. The van der Waals surface area contributed by atoms with Gasteiger partial charge in [-0.1, -0.05) is 44.0 Å². The highest BCUT2D eigenvalue weighted by Crippen LogP contribution is 2.43. The van der Waals surface area contributed by atoms with E-state index in [1.54, 1.807) is 16.7 Å². The van der Waals surface area contributed by atoms with Gasteiger partial charge in [-0.25, -0.2) is 0 Å². The molecule has 0 spiro atoms. The van der Waals surface area contributed by atoms with Crippen LogP contribution >= 0.6 is 11.8 Å². The maximum Gasteiger partial charge on any atom is 0.119 e. The van der Waals surface area contributed by atoms with Crippen LogP contribution in [-0.2, 0) is 0 Å². The summed E-state index contributed by atoms with van der Waals surface area (Å²) in [6, 6.07) is 0. The number of unbranched alkanes of at least 4 members (excludes halogenated alkanes) is 1. The first-order valence-electron chi connectivity index (χ1n) is 10.3. The molecule has 3 heteroatoms. The molecule has 2 aliphatic rings. The third kappa shape index (κ3) is 5.78. The average molecular weight is 374 g/mol. The van der Waals surface area contributed by atoms with Crippen molar-refractivity contribution in [2.45, 2.75) is 52.4 Å². The first kappa shape index (κ1) is 21.4. The third-order valence-electron chi connectivity index (χ3n) is 5.68. The minimum absolute atomic E-state index is 0.805. The summed E-state index contributed by atoms with van der Waals surface area (Å²) in [6.45, 7) is 9.51. The Morgan fingerprint density at radius 1 is 1.38 bits per heavy atom. The Kier molecular flexibility index (Phi) is 8.54. The number of likely N-dealkylation sites (N-methyl/N-ethyl adjacent to an activating group) is 1. The van der Waals surface area contributed by atoms with Gasteiger partial charge in [0, 0.05) is 28.7 Å². The normalized spacial score (nSPS) is 29.5. The molecule has 144 valence electrons. The summed E-state index contributed by atoms with van der Waals surface area (Å²) in [6.07, 6.45) is 19.1. The molecule has 2 atom stereocenters. The molecule has 0 amide bonds. The fourth-order valence-corrected chi connectivity index (χ4v) is 5.88. The molecule has 26 heavy (non-hydrogen) atoms. The molecule has 2 unspecified atom stereocenters. The maximum atomic E-state index is 5.37. The number of piperidine rings is 1. The molecule has 2 nitrogen and oxygen atoms in total. The third-order valence-corrected chi connectivity index (χ3v) is 6.98. The number of hydrogen-bond acceptors (Lipinski definition) is 2. The van der Waals surface area contributed by atoms with Crippen LogP contribution in [0.1, 0.15) is 52.4 Å². The van der Waals surface area contributed by atoms with Gasteiger partial charge in [0.15, 0.2) is 0 Å². The van der Waals surface area contributed by atoms with Crippen molar-refractivity contribution in [2.75, 3.05) is 40.3 Å². The molecule has 0 aromatic rings. The topological polar surface area (TPSA) is 3.24 Å². The summed E-state index contributed by atoms with van der Waals surface area (Å²) in [4.78, 5) is 5.57. The molecule has 2 heterocycles. The molecule has 0 radical (unpaired) electrons. The first-order valence-corrected chi connectivity index (χ1v) is 11.1. The van der Waals surface area contributed by atoms with E-state index in [9.17, 15) is 0 Å². The maximum absolute atomic E-state index is 5.37. The fraction of sp³-hybridized carbons (Fsp3) is 0.652. The van der Waals surface area contributed by atoms with Crippen molar-refractivity contribution in [3.63, 3.8) is 0 Å². The molecular formula is C23H37N2S+. The number of hydrogen-bond donors (Lipinski definition) is 0. The van der Waals surface area contributed by atoms with Crippen LogP contribution in [0.25, 0.3) is 0 Å². The van der Waals surface area contributed by atoms with E-state index in [1.165, 1.54) is 56.6 Å². The zero-order valence-electron chi connectivity index (χ0n) is 17.3.